The normalized spacial score (nSPS) is 31.8. The largest absolute Gasteiger partial charge is 0.271 e. The van der Waals surface area contributed by atoms with Crippen molar-refractivity contribution < 1.29 is 0 Å². The molecule has 1 aromatic rings. The molecule has 2 fully saturated rings. The molecule has 0 saturated heterocycles. The summed E-state index contributed by atoms with van der Waals surface area (Å²) in [6, 6.07) is 8.80. The average molecular weight is 309 g/mol. The van der Waals surface area contributed by atoms with Gasteiger partial charge in [-0.3, -0.25) is 11.3 Å². The number of fused-ring (bicyclic) bond motifs is 2. The van der Waals surface area contributed by atoms with Crippen molar-refractivity contribution in [2.45, 2.75) is 38.1 Å². The quantitative estimate of drug-likeness (QED) is 0.656. The molecule has 2 aliphatic carbocycles. The van der Waals surface area contributed by atoms with E-state index in [4.69, 9.17) is 5.84 Å². The lowest BCUT2D eigenvalue weighted by Crippen LogP contribution is -2.30. The molecule has 3 N–H and O–H groups in total. The molecule has 98 valence electrons. The van der Waals surface area contributed by atoms with Crippen molar-refractivity contribution in [3.63, 3.8) is 0 Å². The van der Waals surface area contributed by atoms with Gasteiger partial charge in [0.25, 0.3) is 0 Å². The fraction of sp³-hybridized carbons (Fsp3) is 0.600. The van der Waals surface area contributed by atoms with E-state index in [0.29, 0.717) is 6.04 Å². The van der Waals surface area contributed by atoms with Crippen molar-refractivity contribution in [2.75, 3.05) is 0 Å². The minimum Gasteiger partial charge on any atom is -0.271 e. The summed E-state index contributed by atoms with van der Waals surface area (Å²) >= 11 is 3.54. The summed E-state index contributed by atoms with van der Waals surface area (Å²) in [6.45, 7) is 0. The van der Waals surface area contributed by atoms with Crippen LogP contribution in [0.2, 0.25) is 0 Å². The Balaban J connectivity index is 1.69. The van der Waals surface area contributed by atoms with E-state index in [2.05, 4.69) is 45.6 Å². The Morgan fingerprint density at radius 3 is 2.83 bits per heavy atom. The molecule has 3 rings (SSSR count). The highest BCUT2D eigenvalue weighted by Gasteiger charge is 2.40. The highest BCUT2D eigenvalue weighted by molar-refractivity contribution is 9.10. The maximum Gasteiger partial charge on any atom is 0.0463 e. The molecule has 4 unspecified atom stereocenters. The van der Waals surface area contributed by atoms with Gasteiger partial charge in [-0.15, -0.1) is 0 Å². The van der Waals surface area contributed by atoms with E-state index >= 15 is 0 Å². The lowest BCUT2D eigenvalue weighted by Gasteiger charge is -2.26. The minimum absolute atomic E-state index is 0.298. The number of benzene rings is 1. The number of nitrogens with two attached hydrogens (primary N) is 1. The number of hydrogen-bond donors (Lipinski definition) is 2. The molecule has 0 spiro atoms. The summed E-state index contributed by atoms with van der Waals surface area (Å²) in [5.74, 6) is 8.63. The third-order valence-electron chi connectivity index (χ3n) is 4.88. The first-order valence-corrected chi connectivity index (χ1v) is 7.77. The molecule has 0 heterocycles. The van der Waals surface area contributed by atoms with E-state index in [-0.39, 0.29) is 0 Å². The zero-order valence-electron chi connectivity index (χ0n) is 10.6. The highest BCUT2D eigenvalue weighted by atomic mass is 79.9. The Bertz CT molecular complexity index is 421. The van der Waals surface area contributed by atoms with Gasteiger partial charge in [0, 0.05) is 10.5 Å². The van der Waals surface area contributed by atoms with Crippen LogP contribution in [0.4, 0.5) is 0 Å². The van der Waals surface area contributed by atoms with Crippen LogP contribution in [0.1, 0.15) is 43.7 Å². The molecule has 1 aromatic carbocycles. The molecule has 0 aromatic heterocycles. The van der Waals surface area contributed by atoms with Crippen LogP contribution in [0.25, 0.3) is 0 Å². The van der Waals surface area contributed by atoms with Gasteiger partial charge in [-0.25, -0.2) is 0 Å². The van der Waals surface area contributed by atoms with Crippen LogP contribution in [0.15, 0.2) is 28.7 Å². The fourth-order valence-corrected chi connectivity index (χ4v) is 4.41. The van der Waals surface area contributed by atoms with Gasteiger partial charge in [0.15, 0.2) is 0 Å². The molecular formula is C15H21BrN2. The minimum atomic E-state index is 0.298. The van der Waals surface area contributed by atoms with Crippen molar-refractivity contribution in [1.29, 1.82) is 0 Å². The van der Waals surface area contributed by atoms with Crippen molar-refractivity contribution in [3.05, 3.63) is 34.3 Å². The smallest absolute Gasteiger partial charge is 0.0463 e. The molecule has 3 heteroatoms. The third-order valence-corrected chi connectivity index (χ3v) is 5.37. The average Bonchev–Trinajstić information content (AvgIpc) is 2.98. The maximum absolute atomic E-state index is 5.77. The second kappa shape index (κ2) is 5.32. The van der Waals surface area contributed by atoms with Crippen LogP contribution >= 0.6 is 15.9 Å². The van der Waals surface area contributed by atoms with Gasteiger partial charge >= 0.3 is 0 Å². The fourth-order valence-electron chi connectivity index (χ4n) is 3.99. The molecule has 2 bridgehead atoms. The Hall–Kier alpha value is -0.380. The first-order valence-electron chi connectivity index (χ1n) is 6.98. The number of nitrogens with one attached hydrogen (secondary N) is 1. The second-order valence-corrected chi connectivity index (χ2v) is 6.86. The van der Waals surface area contributed by atoms with Gasteiger partial charge in [-0.1, -0.05) is 34.5 Å². The van der Waals surface area contributed by atoms with E-state index < -0.39 is 0 Å². The Kier molecular flexibility index (Phi) is 3.73. The zero-order chi connectivity index (χ0) is 12.5. The molecular weight excluding hydrogens is 288 g/mol. The molecule has 0 amide bonds. The predicted molar refractivity (Wildman–Crippen MR) is 77.8 cm³/mol. The van der Waals surface area contributed by atoms with E-state index in [9.17, 15) is 0 Å². The van der Waals surface area contributed by atoms with Crippen LogP contribution in [0, 0.1) is 17.8 Å². The van der Waals surface area contributed by atoms with Crippen molar-refractivity contribution >= 4 is 15.9 Å². The van der Waals surface area contributed by atoms with Crippen LogP contribution in [0.5, 0.6) is 0 Å². The molecule has 18 heavy (non-hydrogen) atoms. The molecule has 2 aliphatic rings. The number of hydrazine groups is 1. The van der Waals surface area contributed by atoms with Crippen LogP contribution in [0.3, 0.4) is 0 Å². The van der Waals surface area contributed by atoms with Crippen LogP contribution in [-0.4, -0.2) is 0 Å². The third kappa shape index (κ3) is 2.49. The molecule has 2 saturated carbocycles. The predicted octanol–water partition coefficient (Wildman–Crippen LogP) is 3.78. The van der Waals surface area contributed by atoms with Crippen LogP contribution in [-0.2, 0) is 0 Å². The topological polar surface area (TPSA) is 38.0 Å². The molecule has 0 radical (unpaired) electrons. The summed E-state index contributed by atoms with van der Waals surface area (Å²) in [5, 5.41) is 0. The Morgan fingerprint density at radius 2 is 2.22 bits per heavy atom. The van der Waals surface area contributed by atoms with E-state index in [0.717, 1.165) is 22.2 Å². The first kappa shape index (κ1) is 12.6. The standard InChI is InChI=1S/C15H21BrN2/c16-14-3-1-2-12(8-14)15(18-17)9-13-7-10-4-5-11(13)6-10/h1-3,8,10-11,13,15,18H,4-7,9,17H2. The summed E-state index contributed by atoms with van der Waals surface area (Å²) in [6.07, 6.45) is 7.01. The highest BCUT2D eigenvalue weighted by Crippen LogP contribution is 2.50. The van der Waals surface area contributed by atoms with Crippen LogP contribution < -0.4 is 11.3 Å². The summed E-state index contributed by atoms with van der Waals surface area (Å²) < 4.78 is 1.13. The van der Waals surface area contributed by atoms with Gasteiger partial charge in [-0.05, 0) is 61.1 Å². The number of halogens is 1. The first-order chi connectivity index (χ1) is 8.76. The van der Waals surface area contributed by atoms with Gasteiger partial charge in [0.1, 0.15) is 0 Å². The molecule has 0 aliphatic heterocycles. The van der Waals surface area contributed by atoms with Gasteiger partial charge in [-0.2, -0.15) is 0 Å². The lowest BCUT2D eigenvalue weighted by molar-refractivity contribution is 0.280. The zero-order valence-corrected chi connectivity index (χ0v) is 12.2. The Labute approximate surface area is 117 Å². The second-order valence-electron chi connectivity index (χ2n) is 5.94. The Morgan fingerprint density at radius 1 is 1.33 bits per heavy atom. The summed E-state index contributed by atoms with van der Waals surface area (Å²) in [4.78, 5) is 0. The number of hydrogen-bond acceptors (Lipinski definition) is 2. The molecule has 4 atom stereocenters. The number of rotatable bonds is 4. The van der Waals surface area contributed by atoms with E-state index in [1.54, 1.807) is 0 Å². The monoisotopic (exact) mass is 308 g/mol. The van der Waals surface area contributed by atoms with E-state index in [1.807, 2.05) is 0 Å². The van der Waals surface area contributed by atoms with E-state index in [1.165, 1.54) is 37.7 Å². The van der Waals surface area contributed by atoms with Gasteiger partial charge in [0.2, 0.25) is 0 Å². The SMILES string of the molecule is NNC(CC1CC2CCC1C2)c1cccc(Br)c1. The molecule has 2 nitrogen and oxygen atoms in total. The van der Waals surface area contributed by atoms with Gasteiger partial charge in [0.05, 0.1) is 0 Å². The summed E-state index contributed by atoms with van der Waals surface area (Å²) in [7, 11) is 0. The van der Waals surface area contributed by atoms with Gasteiger partial charge < -0.3 is 0 Å². The summed E-state index contributed by atoms with van der Waals surface area (Å²) in [5.41, 5.74) is 4.31. The van der Waals surface area contributed by atoms with Crippen molar-refractivity contribution in [1.82, 2.24) is 5.43 Å². The van der Waals surface area contributed by atoms with Crippen molar-refractivity contribution in [3.8, 4) is 0 Å². The maximum atomic E-state index is 5.77. The lowest BCUT2D eigenvalue weighted by atomic mass is 9.83. The van der Waals surface area contributed by atoms with Crippen molar-refractivity contribution in [2.24, 2.45) is 23.6 Å².